The number of carbonyl (C=O) groups excluding carboxylic acids is 1. The zero-order valence-corrected chi connectivity index (χ0v) is 14.4. The van der Waals surface area contributed by atoms with Gasteiger partial charge in [-0.25, -0.2) is 0 Å². The van der Waals surface area contributed by atoms with Crippen LogP contribution in [0.4, 0.5) is 0 Å². The largest absolute Gasteiger partial charge is 0.484 e. The van der Waals surface area contributed by atoms with Gasteiger partial charge in [-0.2, -0.15) is 4.98 Å². The van der Waals surface area contributed by atoms with Crippen molar-refractivity contribution in [3.05, 3.63) is 42.0 Å². The predicted octanol–water partition coefficient (Wildman–Crippen LogP) is 2.39. The molecule has 1 amide bonds. The lowest BCUT2D eigenvalue weighted by Gasteiger charge is -2.31. The van der Waals surface area contributed by atoms with Gasteiger partial charge >= 0.3 is 0 Å². The first-order chi connectivity index (χ1) is 12.3. The molecule has 1 unspecified atom stereocenters. The van der Waals surface area contributed by atoms with Crippen LogP contribution in [0.25, 0.3) is 0 Å². The normalized spacial score (nSPS) is 17.5. The lowest BCUT2D eigenvalue weighted by atomic mass is 9.97. The molecule has 1 aliphatic rings. The molecule has 2 aromatic rings. The van der Waals surface area contributed by atoms with Crippen LogP contribution in [0.5, 0.6) is 5.75 Å². The van der Waals surface area contributed by atoms with Crippen LogP contribution < -0.4 is 4.74 Å². The molecule has 7 nitrogen and oxygen atoms in total. The molecule has 1 saturated heterocycles. The van der Waals surface area contributed by atoms with E-state index >= 15 is 0 Å². The van der Waals surface area contributed by atoms with Gasteiger partial charge in [0.2, 0.25) is 0 Å². The van der Waals surface area contributed by atoms with Crippen molar-refractivity contribution in [2.24, 2.45) is 0 Å². The highest BCUT2D eigenvalue weighted by Gasteiger charge is 2.28. The number of benzene rings is 1. The number of ether oxygens (including phenoxy) is 2. The Bertz CT molecular complexity index is 674. The van der Waals surface area contributed by atoms with Gasteiger partial charge in [-0.1, -0.05) is 23.4 Å². The van der Waals surface area contributed by atoms with Crippen LogP contribution in [-0.2, 0) is 16.1 Å². The van der Waals surface area contributed by atoms with E-state index in [2.05, 4.69) is 10.1 Å². The Labute approximate surface area is 146 Å². The number of rotatable bonds is 7. The highest BCUT2D eigenvalue weighted by atomic mass is 16.5. The molecule has 0 N–H and O–H groups in total. The van der Waals surface area contributed by atoms with Gasteiger partial charge in [-0.15, -0.1) is 0 Å². The number of carbonyl (C=O) groups is 1. The Balaban J connectivity index is 1.53. The fourth-order valence-electron chi connectivity index (χ4n) is 2.85. The number of amides is 1. The lowest BCUT2D eigenvalue weighted by Crippen LogP contribution is -2.41. The molecule has 0 saturated carbocycles. The molecule has 1 atom stereocenters. The van der Waals surface area contributed by atoms with E-state index in [9.17, 15) is 4.79 Å². The number of aromatic nitrogens is 2. The fourth-order valence-corrected chi connectivity index (χ4v) is 2.85. The van der Waals surface area contributed by atoms with E-state index in [0.29, 0.717) is 37.2 Å². The van der Waals surface area contributed by atoms with Crippen molar-refractivity contribution in [3.8, 4) is 5.75 Å². The van der Waals surface area contributed by atoms with Gasteiger partial charge in [0.25, 0.3) is 11.8 Å². The summed E-state index contributed by atoms with van der Waals surface area (Å²) in [5.74, 6) is 1.90. The zero-order chi connectivity index (χ0) is 17.5. The minimum absolute atomic E-state index is 0.0217. The van der Waals surface area contributed by atoms with Crippen LogP contribution in [0.3, 0.4) is 0 Å². The van der Waals surface area contributed by atoms with Crippen molar-refractivity contribution in [2.75, 3.05) is 26.3 Å². The van der Waals surface area contributed by atoms with E-state index in [-0.39, 0.29) is 18.4 Å². The van der Waals surface area contributed by atoms with Gasteiger partial charge in [0.1, 0.15) is 12.4 Å². The van der Waals surface area contributed by atoms with Crippen LogP contribution in [-0.4, -0.2) is 47.3 Å². The second-order valence-corrected chi connectivity index (χ2v) is 5.96. The molecule has 25 heavy (non-hydrogen) atoms. The van der Waals surface area contributed by atoms with E-state index in [1.165, 1.54) is 0 Å². The van der Waals surface area contributed by atoms with Crippen molar-refractivity contribution in [1.82, 2.24) is 15.0 Å². The third kappa shape index (κ3) is 4.79. The van der Waals surface area contributed by atoms with Crippen molar-refractivity contribution < 1.29 is 18.8 Å². The fraction of sp³-hybridized carbons (Fsp3) is 0.500. The lowest BCUT2D eigenvalue weighted by molar-refractivity contribution is -0.134. The highest BCUT2D eigenvalue weighted by molar-refractivity contribution is 5.78. The third-order valence-corrected chi connectivity index (χ3v) is 4.16. The quantitative estimate of drug-likeness (QED) is 0.767. The monoisotopic (exact) mass is 345 g/mol. The highest BCUT2D eigenvalue weighted by Crippen LogP contribution is 2.25. The summed E-state index contributed by atoms with van der Waals surface area (Å²) in [6.07, 6.45) is 1.86. The molecular formula is C18H23N3O4. The van der Waals surface area contributed by atoms with Crippen molar-refractivity contribution in [3.63, 3.8) is 0 Å². The van der Waals surface area contributed by atoms with E-state index in [0.717, 1.165) is 19.4 Å². The minimum atomic E-state index is -0.0217. The zero-order valence-electron chi connectivity index (χ0n) is 14.4. The van der Waals surface area contributed by atoms with Crippen LogP contribution >= 0.6 is 0 Å². The molecule has 0 bridgehead atoms. The van der Waals surface area contributed by atoms with Crippen molar-refractivity contribution in [1.29, 1.82) is 0 Å². The predicted molar refractivity (Wildman–Crippen MR) is 90.1 cm³/mol. The molecule has 2 heterocycles. The van der Waals surface area contributed by atoms with Gasteiger partial charge in [0, 0.05) is 25.6 Å². The molecule has 3 rings (SSSR count). The van der Waals surface area contributed by atoms with E-state index in [1.54, 1.807) is 0 Å². The summed E-state index contributed by atoms with van der Waals surface area (Å²) < 4.78 is 16.0. The molecule has 0 radical (unpaired) electrons. The van der Waals surface area contributed by atoms with Crippen molar-refractivity contribution in [2.45, 2.75) is 32.3 Å². The van der Waals surface area contributed by atoms with E-state index in [4.69, 9.17) is 14.0 Å². The molecule has 1 fully saturated rings. The average molecular weight is 345 g/mol. The summed E-state index contributed by atoms with van der Waals surface area (Å²) in [6, 6.07) is 9.35. The Morgan fingerprint density at radius 3 is 3.00 bits per heavy atom. The molecule has 1 aromatic heterocycles. The Morgan fingerprint density at radius 2 is 2.20 bits per heavy atom. The summed E-state index contributed by atoms with van der Waals surface area (Å²) >= 11 is 0. The SMILES string of the molecule is CCOCc1nc(C2CCCN(C(=O)COc3ccccc3)C2)no1. The number of para-hydroxylation sites is 1. The molecular weight excluding hydrogens is 322 g/mol. The van der Waals surface area contributed by atoms with Crippen molar-refractivity contribution >= 4 is 5.91 Å². The second kappa shape index (κ2) is 8.62. The molecule has 134 valence electrons. The summed E-state index contributed by atoms with van der Waals surface area (Å²) in [5, 5.41) is 4.04. The number of hydrogen-bond acceptors (Lipinski definition) is 6. The van der Waals surface area contributed by atoms with E-state index in [1.807, 2.05) is 42.2 Å². The summed E-state index contributed by atoms with van der Waals surface area (Å²) in [4.78, 5) is 18.6. The first kappa shape index (κ1) is 17.4. The van der Waals surface area contributed by atoms with Crippen LogP contribution in [0.1, 0.15) is 37.4 Å². The molecule has 1 aliphatic heterocycles. The van der Waals surface area contributed by atoms with Gasteiger partial charge < -0.3 is 18.9 Å². The topological polar surface area (TPSA) is 77.7 Å². The Kier molecular flexibility index (Phi) is 6.00. The van der Waals surface area contributed by atoms with Crippen LogP contribution in [0.15, 0.2) is 34.9 Å². The summed E-state index contributed by atoms with van der Waals surface area (Å²) in [6.45, 7) is 4.20. The molecule has 0 aliphatic carbocycles. The van der Waals surface area contributed by atoms with Crippen LogP contribution in [0.2, 0.25) is 0 Å². The van der Waals surface area contributed by atoms with Gasteiger partial charge in [-0.05, 0) is 31.9 Å². The third-order valence-electron chi connectivity index (χ3n) is 4.16. The molecule has 7 heteroatoms. The first-order valence-corrected chi connectivity index (χ1v) is 8.62. The number of nitrogens with zero attached hydrogens (tertiary/aromatic N) is 3. The number of likely N-dealkylation sites (tertiary alicyclic amines) is 1. The minimum Gasteiger partial charge on any atom is -0.484 e. The van der Waals surface area contributed by atoms with Gasteiger partial charge in [0.05, 0.1) is 0 Å². The Morgan fingerprint density at radius 1 is 1.36 bits per heavy atom. The number of hydrogen-bond donors (Lipinski definition) is 0. The van der Waals surface area contributed by atoms with Crippen LogP contribution in [0, 0.1) is 0 Å². The smallest absolute Gasteiger partial charge is 0.260 e. The second-order valence-electron chi connectivity index (χ2n) is 5.96. The molecule has 1 aromatic carbocycles. The van der Waals surface area contributed by atoms with Gasteiger partial charge in [-0.3, -0.25) is 4.79 Å². The van der Waals surface area contributed by atoms with Gasteiger partial charge in [0.15, 0.2) is 12.4 Å². The Hall–Kier alpha value is -2.41. The summed E-state index contributed by atoms with van der Waals surface area (Å²) in [7, 11) is 0. The first-order valence-electron chi connectivity index (χ1n) is 8.62. The maximum absolute atomic E-state index is 12.4. The maximum Gasteiger partial charge on any atom is 0.260 e. The number of piperidine rings is 1. The average Bonchev–Trinajstić information content (AvgIpc) is 3.14. The van der Waals surface area contributed by atoms with E-state index < -0.39 is 0 Å². The standard InChI is InChI=1S/C18H23N3O4/c1-2-23-12-16-19-18(20-25-16)14-7-6-10-21(11-14)17(22)13-24-15-8-4-3-5-9-15/h3-5,8-9,14H,2,6-7,10-13H2,1H3. The maximum atomic E-state index is 12.4. The molecule has 0 spiro atoms. The summed E-state index contributed by atoms with van der Waals surface area (Å²) in [5.41, 5.74) is 0.